The number of nitrogens with zero attached hydrogens (tertiary/aromatic N) is 3. The molecule has 150 valence electrons. The van der Waals surface area contributed by atoms with Gasteiger partial charge in [0.05, 0.1) is 25.5 Å². The largest absolute Gasteiger partial charge is 0.493 e. The van der Waals surface area contributed by atoms with Crippen LogP contribution >= 0.6 is 0 Å². The molecule has 1 aromatic heterocycles. The number of benzene rings is 2. The molecule has 29 heavy (non-hydrogen) atoms. The summed E-state index contributed by atoms with van der Waals surface area (Å²) < 4.78 is 6.90. The number of rotatable bonds is 6. The van der Waals surface area contributed by atoms with Crippen molar-refractivity contribution in [3.8, 4) is 11.4 Å². The van der Waals surface area contributed by atoms with E-state index >= 15 is 0 Å². The Morgan fingerprint density at radius 3 is 2.34 bits per heavy atom. The van der Waals surface area contributed by atoms with E-state index in [2.05, 4.69) is 10.4 Å². The monoisotopic (exact) mass is 392 g/mol. The van der Waals surface area contributed by atoms with Crippen molar-refractivity contribution < 1.29 is 14.3 Å². The topological polar surface area (TPSA) is 76.5 Å². The number of methoxy groups -OCH3 is 1. The lowest BCUT2D eigenvalue weighted by atomic mass is 10.1. The van der Waals surface area contributed by atoms with Gasteiger partial charge >= 0.3 is 0 Å². The van der Waals surface area contributed by atoms with E-state index in [4.69, 9.17) is 4.74 Å². The first-order chi connectivity index (χ1) is 13.9. The van der Waals surface area contributed by atoms with Crippen LogP contribution in [0.3, 0.4) is 0 Å². The maximum absolute atomic E-state index is 12.9. The number of hydrogen-bond acceptors (Lipinski definition) is 4. The summed E-state index contributed by atoms with van der Waals surface area (Å²) in [7, 11) is 3.05. The number of carbonyl (C=O) groups excluding carboxylic acids is 2. The number of para-hydroxylation sites is 2. The van der Waals surface area contributed by atoms with Crippen molar-refractivity contribution in [2.45, 2.75) is 13.8 Å². The lowest BCUT2D eigenvalue weighted by Crippen LogP contribution is -2.35. The first-order valence-corrected chi connectivity index (χ1v) is 9.21. The molecule has 0 aliphatic heterocycles. The molecule has 0 aliphatic carbocycles. The Labute approximate surface area is 169 Å². The van der Waals surface area contributed by atoms with Gasteiger partial charge in [-0.2, -0.15) is 5.10 Å². The predicted molar refractivity (Wildman–Crippen MR) is 112 cm³/mol. The fourth-order valence-electron chi connectivity index (χ4n) is 3.03. The molecule has 0 bridgehead atoms. The van der Waals surface area contributed by atoms with Crippen molar-refractivity contribution >= 4 is 17.5 Å². The summed E-state index contributed by atoms with van der Waals surface area (Å²) in [6.45, 7) is 3.76. The summed E-state index contributed by atoms with van der Waals surface area (Å²) in [5.41, 5.74) is 3.66. The third-order valence-corrected chi connectivity index (χ3v) is 4.60. The van der Waals surface area contributed by atoms with E-state index in [1.165, 1.54) is 12.0 Å². The number of likely N-dealkylation sites (N-methyl/N-ethyl adjacent to an activating group) is 1. The summed E-state index contributed by atoms with van der Waals surface area (Å²) >= 11 is 0. The smallest absolute Gasteiger partial charge is 0.278 e. The van der Waals surface area contributed by atoms with E-state index in [9.17, 15) is 9.59 Å². The van der Waals surface area contributed by atoms with Crippen LogP contribution < -0.4 is 10.1 Å². The molecule has 2 amide bonds. The van der Waals surface area contributed by atoms with Crippen LogP contribution in [0, 0.1) is 13.8 Å². The number of anilines is 1. The summed E-state index contributed by atoms with van der Waals surface area (Å²) in [5.74, 6) is -0.325. The van der Waals surface area contributed by atoms with Crippen LogP contribution in [0.25, 0.3) is 5.69 Å². The highest BCUT2D eigenvalue weighted by Crippen LogP contribution is 2.22. The average molecular weight is 392 g/mol. The number of aromatic nitrogens is 2. The molecule has 3 aromatic rings. The third-order valence-electron chi connectivity index (χ3n) is 4.60. The van der Waals surface area contributed by atoms with Crippen molar-refractivity contribution in [1.29, 1.82) is 0 Å². The van der Waals surface area contributed by atoms with Gasteiger partial charge in [-0.25, -0.2) is 4.68 Å². The summed E-state index contributed by atoms with van der Waals surface area (Å²) in [6, 6.07) is 15.2. The van der Waals surface area contributed by atoms with Gasteiger partial charge in [0, 0.05) is 12.7 Å². The Bertz CT molecular complexity index is 1010. The molecule has 3 rings (SSSR count). The second kappa shape index (κ2) is 8.60. The van der Waals surface area contributed by atoms with E-state index < -0.39 is 5.91 Å². The molecule has 1 N–H and O–H groups in total. The van der Waals surface area contributed by atoms with Gasteiger partial charge in [-0.3, -0.25) is 9.59 Å². The van der Waals surface area contributed by atoms with E-state index in [0.29, 0.717) is 5.75 Å². The van der Waals surface area contributed by atoms with Crippen molar-refractivity contribution in [2.24, 2.45) is 0 Å². The van der Waals surface area contributed by atoms with Gasteiger partial charge in [0.2, 0.25) is 5.91 Å². The molecule has 7 heteroatoms. The lowest BCUT2D eigenvalue weighted by Gasteiger charge is -2.17. The third kappa shape index (κ3) is 4.45. The van der Waals surface area contributed by atoms with Crippen LogP contribution in [0.15, 0.2) is 54.7 Å². The molecule has 0 atom stereocenters. The minimum Gasteiger partial charge on any atom is -0.493 e. The molecule has 0 unspecified atom stereocenters. The minimum absolute atomic E-state index is 0.103. The van der Waals surface area contributed by atoms with Gasteiger partial charge in [-0.1, -0.05) is 36.4 Å². The molecule has 0 saturated carbocycles. The van der Waals surface area contributed by atoms with E-state index in [-0.39, 0.29) is 18.1 Å². The number of hydrogen-bond donors (Lipinski definition) is 1. The van der Waals surface area contributed by atoms with E-state index in [0.717, 1.165) is 22.5 Å². The second-order valence-electron chi connectivity index (χ2n) is 6.80. The first-order valence-electron chi connectivity index (χ1n) is 9.21. The number of nitrogens with one attached hydrogen (secondary N) is 1. The molecule has 2 aromatic carbocycles. The Morgan fingerprint density at radius 1 is 1.07 bits per heavy atom. The summed E-state index contributed by atoms with van der Waals surface area (Å²) in [4.78, 5) is 26.7. The van der Waals surface area contributed by atoms with Gasteiger partial charge < -0.3 is 15.0 Å². The summed E-state index contributed by atoms with van der Waals surface area (Å²) in [5, 5.41) is 7.25. The van der Waals surface area contributed by atoms with Crippen molar-refractivity contribution in [1.82, 2.24) is 14.7 Å². The fourth-order valence-corrected chi connectivity index (χ4v) is 3.03. The van der Waals surface area contributed by atoms with E-state index in [1.807, 2.05) is 62.4 Å². The summed E-state index contributed by atoms with van der Waals surface area (Å²) in [6.07, 6.45) is 1.65. The van der Waals surface area contributed by atoms with Gasteiger partial charge in [-0.05, 0) is 37.1 Å². The molecular weight excluding hydrogens is 368 g/mol. The quantitative estimate of drug-likeness (QED) is 0.699. The van der Waals surface area contributed by atoms with E-state index in [1.54, 1.807) is 17.9 Å². The highest BCUT2D eigenvalue weighted by Gasteiger charge is 2.23. The molecule has 0 aliphatic rings. The highest BCUT2D eigenvalue weighted by molar-refractivity contribution is 6.00. The molecule has 7 nitrogen and oxygen atoms in total. The Morgan fingerprint density at radius 2 is 1.72 bits per heavy atom. The molecular formula is C22H24N4O3. The predicted octanol–water partition coefficient (Wildman–Crippen LogP) is 3.21. The fraction of sp³-hybridized carbons (Fsp3) is 0.227. The lowest BCUT2D eigenvalue weighted by molar-refractivity contribution is -0.116. The van der Waals surface area contributed by atoms with Crippen molar-refractivity contribution in [3.05, 3.63) is 71.5 Å². The zero-order valence-electron chi connectivity index (χ0n) is 17.0. The van der Waals surface area contributed by atoms with Crippen molar-refractivity contribution in [2.75, 3.05) is 26.0 Å². The second-order valence-corrected chi connectivity index (χ2v) is 6.80. The number of ether oxygens (including phenoxy) is 1. The molecule has 1 heterocycles. The highest BCUT2D eigenvalue weighted by atomic mass is 16.5. The number of aryl methyl sites for hydroxylation is 2. The van der Waals surface area contributed by atoms with Crippen LogP contribution in [0.1, 0.15) is 21.6 Å². The molecule has 0 saturated heterocycles. The zero-order chi connectivity index (χ0) is 21.0. The van der Waals surface area contributed by atoms with Gasteiger partial charge in [0.1, 0.15) is 0 Å². The van der Waals surface area contributed by atoms with Crippen LogP contribution in [-0.4, -0.2) is 47.2 Å². The maximum Gasteiger partial charge on any atom is 0.278 e. The van der Waals surface area contributed by atoms with Gasteiger partial charge in [0.15, 0.2) is 11.4 Å². The first kappa shape index (κ1) is 20.1. The Hall–Kier alpha value is -3.61. The standard InChI is InChI=1S/C22H24N4O3/c1-15-9-8-10-16(2)20(15)23-19(27)14-25(3)22(28)21-18(29-4)13-26(24-21)17-11-6-5-7-12-17/h5-13H,14H2,1-4H3,(H,23,27). The normalized spacial score (nSPS) is 10.5. The Kier molecular flexibility index (Phi) is 5.97. The zero-order valence-corrected chi connectivity index (χ0v) is 17.0. The molecule has 0 radical (unpaired) electrons. The van der Waals surface area contributed by atoms with Crippen LogP contribution in [0.4, 0.5) is 5.69 Å². The Balaban J connectivity index is 1.74. The van der Waals surface area contributed by atoms with Crippen LogP contribution in [0.5, 0.6) is 5.75 Å². The number of carbonyl (C=O) groups is 2. The van der Waals surface area contributed by atoms with Crippen LogP contribution in [0.2, 0.25) is 0 Å². The molecule has 0 spiro atoms. The molecule has 0 fully saturated rings. The maximum atomic E-state index is 12.9. The number of amides is 2. The van der Waals surface area contributed by atoms with Gasteiger partial charge in [-0.15, -0.1) is 0 Å². The SMILES string of the molecule is COc1cn(-c2ccccc2)nc1C(=O)N(C)CC(=O)Nc1c(C)cccc1C. The van der Waals surface area contributed by atoms with Gasteiger partial charge in [0.25, 0.3) is 5.91 Å². The van der Waals surface area contributed by atoms with Crippen LogP contribution in [-0.2, 0) is 4.79 Å². The van der Waals surface area contributed by atoms with Crippen molar-refractivity contribution in [3.63, 3.8) is 0 Å². The average Bonchev–Trinajstić information content (AvgIpc) is 3.15. The minimum atomic E-state index is -0.395.